The van der Waals surface area contributed by atoms with E-state index in [0.29, 0.717) is 24.5 Å². The summed E-state index contributed by atoms with van der Waals surface area (Å²) in [5.41, 5.74) is 7.92. The first-order chi connectivity index (χ1) is 16.0. The number of aromatic nitrogens is 1. The summed E-state index contributed by atoms with van der Waals surface area (Å²) in [7, 11) is 0. The summed E-state index contributed by atoms with van der Waals surface area (Å²) in [6, 6.07) is 11.2. The van der Waals surface area contributed by atoms with Crippen LogP contribution in [0.4, 0.5) is 4.39 Å². The lowest BCUT2D eigenvalue weighted by Crippen LogP contribution is -2.34. The van der Waals surface area contributed by atoms with Crippen molar-refractivity contribution in [2.45, 2.75) is 44.1 Å². The van der Waals surface area contributed by atoms with Gasteiger partial charge >= 0.3 is 5.97 Å². The Balaban J connectivity index is 0.00000216. The average molecular weight is 528 g/mol. The fraction of sp³-hybridized carbons (Fsp3) is 0.440. The molecule has 0 aliphatic carbocycles. The van der Waals surface area contributed by atoms with Crippen LogP contribution in [0.25, 0.3) is 11.0 Å². The van der Waals surface area contributed by atoms with Gasteiger partial charge in [0, 0.05) is 17.4 Å². The summed E-state index contributed by atoms with van der Waals surface area (Å²) >= 11 is 0. The molecule has 0 radical (unpaired) electrons. The zero-order valence-electron chi connectivity index (χ0n) is 19.4. The van der Waals surface area contributed by atoms with Crippen LogP contribution >= 0.6 is 24.8 Å². The highest BCUT2D eigenvalue weighted by atomic mass is 35.5. The number of carboxylic acid groups (broad SMARTS) is 1. The molecular weight excluding hydrogens is 496 g/mol. The van der Waals surface area contributed by atoms with E-state index in [0.717, 1.165) is 67.7 Å². The number of fused-ring (bicyclic) bond motifs is 1. The predicted octanol–water partition coefficient (Wildman–Crippen LogP) is 4.80. The van der Waals surface area contributed by atoms with Crippen LogP contribution < -0.4 is 10.5 Å². The molecule has 2 heterocycles. The van der Waals surface area contributed by atoms with Crippen molar-refractivity contribution >= 4 is 41.8 Å². The molecule has 1 aliphatic rings. The number of likely N-dealkylation sites (tertiary alicyclic amines) is 1. The number of nitrogens with zero attached hydrogens (tertiary/aromatic N) is 2. The van der Waals surface area contributed by atoms with Crippen molar-refractivity contribution < 1.29 is 23.6 Å². The standard InChI is InChI=1S/C25H30FN3O4.2ClH/c26-19-5-8-21-23(16-19)33-28-24(21)18-9-12-29(13-10-18)11-1-2-14-32-20-6-3-17(4-7-20)15-22(27)25(30)31;;/h3-8,16,18,22H,1-2,9-15,27H2,(H,30,31);2*1H/t22-;;/m0../s1. The summed E-state index contributed by atoms with van der Waals surface area (Å²) in [5.74, 6) is -0.170. The SMILES string of the molecule is Cl.Cl.N[C@@H](Cc1ccc(OCCCCN2CCC(c3noc4cc(F)ccc34)CC2)cc1)C(=O)O. The third-order valence-corrected chi connectivity index (χ3v) is 6.27. The first-order valence-electron chi connectivity index (χ1n) is 11.5. The van der Waals surface area contributed by atoms with Gasteiger partial charge in [0.1, 0.15) is 17.6 Å². The van der Waals surface area contributed by atoms with E-state index in [9.17, 15) is 9.18 Å². The minimum absolute atomic E-state index is 0. The van der Waals surface area contributed by atoms with Gasteiger partial charge in [-0.1, -0.05) is 17.3 Å². The third kappa shape index (κ3) is 7.80. The number of hydrogen-bond acceptors (Lipinski definition) is 6. The molecule has 1 saturated heterocycles. The van der Waals surface area contributed by atoms with Crippen LogP contribution in [0.2, 0.25) is 0 Å². The predicted molar refractivity (Wildman–Crippen MR) is 137 cm³/mol. The first-order valence-corrected chi connectivity index (χ1v) is 11.5. The highest BCUT2D eigenvalue weighted by molar-refractivity contribution is 5.85. The second-order valence-electron chi connectivity index (χ2n) is 8.67. The lowest BCUT2D eigenvalue weighted by Gasteiger charge is -2.31. The molecule has 0 saturated carbocycles. The van der Waals surface area contributed by atoms with Gasteiger partial charge in [-0.3, -0.25) is 4.79 Å². The quantitative estimate of drug-likeness (QED) is 0.365. The Kier molecular flexibility index (Phi) is 11.2. The molecule has 0 bridgehead atoms. The van der Waals surface area contributed by atoms with E-state index in [4.69, 9.17) is 20.1 Å². The zero-order chi connectivity index (χ0) is 23.2. The fourth-order valence-electron chi connectivity index (χ4n) is 4.35. The van der Waals surface area contributed by atoms with Crippen LogP contribution in [-0.4, -0.2) is 53.4 Å². The Hall–Kier alpha value is -2.39. The third-order valence-electron chi connectivity index (χ3n) is 6.27. The number of carboxylic acids is 1. The van der Waals surface area contributed by atoms with Crippen molar-refractivity contribution in [2.75, 3.05) is 26.2 Å². The van der Waals surface area contributed by atoms with Crippen molar-refractivity contribution in [3.05, 3.63) is 59.5 Å². The highest BCUT2D eigenvalue weighted by Crippen LogP contribution is 2.32. The number of nitrogens with two attached hydrogens (primary N) is 1. The maximum atomic E-state index is 13.4. The number of unbranched alkanes of at least 4 members (excludes halogenated alkanes) is 1. The van der Waals surface area contributed by atoms with Gasteiger partial charge in [0.25, 0.3) is 0 Å². The largest absolute Gasteiger partial charge is 0.494 e. The van der Waals surface area contributed by atoms with E-state index < -0.39 is 12.0 Å². The number of ether oxygens (including phenoxy) is 1. The number of aliphatic carboxylic acids is 1. The maximum absolute atomic E-state index is 13.4. The molecule has 10 heteroatoms. The normalized spacial score (nSPS) is 15.3. The number of halogens is 3. The summed E-state index contributed by atoms with van der Waals surface area (Å²) in [4.78, 5) is 13.3. The average Bonchev–Trinajstić information content (AvgIpc) is 3.23. The van der Waals surface area contributed by atoms with Crippen LogP contribution in [0.15, 0.2) is 47.0 Å². The van der Waals surface area contributed by atoms with Gasteiger partial charge in [-0.25, -0.2) is 4.39 Å². The molecule has 0 spiro atoms. The summed E-state index contributed by atoms with van der Waals surface area (Å²) in [5, 5.41) is 14.0. The minimum atomic E-state index is -0.997. The molecular formula is C25H32Cl2FN3O4. The minimum Gasteiger partial charge on any atom is -0.494 e. The Bertz CT molecular complexity index is 1070. The highest BCUT2D eigenvalue weighted by Gasteiger charge is 2.24. The molecule has 0 unspecified atom stereocenters. The van der Waals surface area contributed by atoms with Crippen molar-refractivity contribution in [1.29, 1.82) is 0 Å². The van der Waals surface area contributed by atoms with Crippen molar-refractivity contribution in [3.63, 3.8) is 0 Å². The lowest BCUT2D eigenvalue weighted by atomic mass is 9.91. The Morgan fingerprint density at radius 2 is 1.89 bits per heavy atom. The van der Waals surface area contributed by atoms with Gasteiger partial charge < -0.3 is 25.0 Å². The van der Waals surface area contributed by atoms with E-state index in [2.05, 4.69) is 10.1 Å². The molecule has 1 aliphatic heterocycles. The Morgan fingerprint density at radius 1 is 1.17 bits per heavy atom. The van der Waals surface area contributed by atoms with Gasteiger partial charge in [0.15, 0.2) is 5.58 Å². The molecule has 35 heavy (non-hydrogen) atoms. The van der Waals surface area contributed by atoms with Crippen LogP contribution in [-0.2, 0) is 11.2 Å². The second-order valence-corrected chi connectivity index (χ2v) is 8.67. The number of piperidine rings is 1. The topological polar surface area (TPSA) is 102 Å². The fourth-order valence-corrected chi connectivity index (χ4v) is 4.35. The molecule has 1 fully saturated rings. The monoisotopic (exact) mass is 527 g/mol. The molecule has 192 valence electrons. The number of carbonyl (C=O) groups is 1. The number of rotatable bonds is 10. The first kappa shape index (κ1) is 28.8. The van der Waals surface area contributed by atoms with Gasteiger partial charge in [-0.2, -0.15) is 0 Å². The van der Waals surface area contributed by atoms with Gasteiger partial charge in [-0.15, -0.1) is 24.8 Å². The van der Waals surface area contributed by atoms with Crippen LogP contribution in [0.1, 0.15) is 42.9 Å². The molecule has 2 aromatic carbocycles. The zero-order valence-corrected chi connectivity index (χ0v) is 21.0. The van der Waals surface area contributed by atoms with Crippen LogP contribution in [0.5, 0.6) is 5.75 Å². The summed E-state index contributed by atoms with van der Waals surface area (Å²) in [6.45, 7) is 3.71. The number of benzene rings is 2. The summed E-state index contributed by atoms with van der Waals surface area (Å²) < 4.78 is 24.5. The van der Waals surface area contributed by atoms with E-state index >= 15 is 0 Å². The Morgan fingerprint density at radius 3 is 2.57 bits per heavy atom. The van der Waals surface area contributed by atoms with E-state index in [1.165, 1.54) is 12.1 Å². The van der Waals surface area contributed by atoms with Gasteiger partial charge in [0.2, 0.25) is 0 Å². The van der Waals surface area contributed by atoms with Crippen LogP contribution in [0.3, 0.4) is 0 Å². The van der Waals surface area contributed by atoms with Crippen molar-refractivity contribution in [3.8, 4) is 5.75 Å². The Labute approximate surface area is 216 Å². The molecule has 0 amide bonds. The molecule has 1 atom stereocenters. The van der Waals surface area contributed by atoms with Gasteiger partial charge in [0.05, 0.1) is 12.3 Å². The van der Waals surface area contributed by atoms with E-state index in [1.54, 1.807) is 6.07 Å². The second kappa shape index (κ2) is 13.6. The lowest BCUT2D eigenvalue weighted by molar-refractivity contribution is -0.138. The van der Waals surface area contributed by atoms with Crippen molar-refractivity contribution in [1.82, 2.24) is 10.1 Å². The van der Waals surface area contributed by atoms with Gasteiger partial charge in [-0.05, 0) is 81.6 Å². The molecule has 3 N–H and O–H groups in total. The number of hydrogen-bond donors (Lipinski definition) is 2. The molecule has 3 aromatic rings. The van der Waals surface area contributed by atoms with Crippen LogP contribution in [0, 0.1) is 5.82 Å². The molecule has 4 rings (SSSR count). The van der Waals surface area contributed by atoms with Crippen molar-refractivity contribution in [2.24, 2.45) is 5.73 Å². The smallest absolute Gasteiger partial charge is 0.320 e. The molecule has 7 nitrogen and oxygen atoms in total. The maximum Gasteiger partial charge on any atom is 0.320 e. The molecule has 1 aromatic heterocycles. The van der Waals surface area contributed by atoms with E-state index in [-0.39, 0.29) is 30.6 Å². The van der Waals surface area contributed by atoms with E-state index in [1.807, 2.05) is 24.3 Å². The summed E-state index contributed by atoms with van der Waals surface area (Å²) in [6.07, 6.45) is 4.37.